The molecule has 2 aromatic rings. The second-order valence-corrected chi connectivity index (χ2v) is 2.93. The highest BCUT2D eigenvalue weighted by Gasteiger charge is 2.04. The fourth-order valence-electron chi connectivity index (χ4n) is 1.27. The maximum Gasteiger partial charge on any atom is 0.209 e. The molecule has 0 saturated heterocycles. The molecule has 0 amide bonds. The van der Waals surface area contributed by atoms with Crippen LogP contribution < -0.4 is 5.32 Å². The van der Waals surface area contributed by atoms with Gasteiger partial charge in [0.05, 0.1) is 18.2 Å². The highest BCUT2D eigenvalue weighted by molar-refractivity contribution is 5.74. The smallest absolute Gasteiger partial charge is 0.209 e. The minimum absolute atomic E-state index is 0.588. The van der Waals surface area contributed by atoms with Crippen LogP contribution in [0, 0.1) is 11.3 Å². The molecule has 0 aliphatic heterocycles. The molecule has 2 rings (SSSR count). The fourth-order valence-corrected chi connectivity index (χ4v) is 1.27. The fraction of sp³-hybridized carbons (Fsp3) is 0.200. The largest absolute Gasteiger partial charge is 0.439 e. The van der Waals surface area contributed by atoms with E-state index >= 15 is 0 Å². The lowest BCUT2D eigenvalue weighted by Crippen LogP contribution is -2.04. The molecular weight excluding hydrogens is 178 g/mol. The summed E-state index contributed by atoms with van der Waals surface area (Å²) in [6, 6.07) is 7.27. The first-order chi connectivity index (χ1) is 6.83. The monoisotopic (exact) mass is 187 g/mol. The number of aromatic nitrogens is 1. The Kier molecular flexibility index (Phi) is 2.17. The lowest BCUT2D eigenvalue weighted by Gasteiger charge is -1.88. The van der Waals surface area contributed by atoms with E-state index in [1.165, 1.54) is 0 Å². The summed E-state index contributed by atoms with van der Waals surface area (Å²) < 4.78 is 5.43. The van der Waals surface area contributed by atoms with Crippen LogP contribution in [0.3, 0.4) is 0 Å². The zero-order valence-corrected chi connectivity index (χ0v) is 7.74. The first-order valence-electron chi connectivity index (χ1n) is 4.27. The zero-order chi connectivity index (χ0) is 9.97. The molecule has 1 aromatic carbocycles. The van der Waals surface area contributed by atoms with Gasteiger partial charge in [0.1, 0.15) is 5.52 Å². The topological polar surface area (TPSA) is 61.9 Å². The average molecular weight is 187 g/mol. The van der Waals surface area contributed by atoms with Crippen LogP contribution in [0.4, 0.5) is 0 Å². The van der Waals surface area contributed by atoms with Crippen molar-refractivity contribution < 1.29 is 4.42 Å². The van der Waals surface area contributed by atoms with E-state index in [0.717, 1.165) is 5.52 Å². The van der Waals surface area contributed by atoms with Gasteiger partial charge in [-0.05, 0) is 19.2 Å². The highest BCUT2D eigenvalue weighted by atomic mass is 16.3. The number of benzene rings is 1. The molecule has 1 N–H and O–H groups in total. The minimum Gasteiger partial charge on any atom is -0.439 e. The van der Waals surface area contributed by atoms with Crippen LogP contribution >= 0.6 is 0 Å². The summed E-state index contributed by atoms with van der Waals surface area (Å²) >= 11 is 0. The molecule has 0 fully saturated rings. The van der Waals surface area contributed by atoms with E-state index in [1.807, 2.05) is 7.05 Å². The summed E-state index contributed by atoms with van der Waals surface area (Å²) in [7, 11) is 1.83. The predicted molar refractivity (Wildman–Crippen MR) is 51.5 cm³/mol. The molecule has 70 valence electrons. The maximum atomic E-state index is 8.68. The number of hydrogen-bond acceptors (Lipinski definition) is 4. The van der Waals surface area contributed by atoms with Gasteiger partial charge in [0.25, 0.3) is 0 Å². The van der Waals surface area contributed by atoms with Crippen molar-refractivity contribution in [2.75, 3.05) is 7.05 Å². The van der Waals surface area contributed by atoms with Crippen molar-refractivity contribution in [1.29, 1.82) is 5.26 Å². The summed E-state index contributed by atoms with van der Waals surface area (Å²) in [5, 5.41) is 11.6. The second kappa shape index (κ2) is 3.48. The SMILES string of the molecule is CNCc1nc2ccc(C#N)cc2o1. The molecule has 0 bridgehead atoms. The van der Waals surface area contributed by atoms with E-state index in [0.29, 0.717) is 23.6 Å². The maximum absolute atomic E-state index is 8.68. The Bertz CT molecular complexity index is 496. The third-order valence-electron chi connectivity index (χ3n) is 1.89. The van der Waals surface area contributed by atoms with Gasteiger partial charge in [0.15, 0.2) is 5.58 Å². The number of nitrogens with one attached hydrogen (secondary N) is 1. The first-order valence-corrected chi connectivity index (χ1v) is 4.27. The van der Waals surface area contributed by atoms with Gasteiger partial charge in [-0.2, -0.15) is 5.26 Å². The van der Waals surface area contributed by atoms with Crippen LogP contribution in [-0.2, 0) is 6.54 Å². The van der Waals surface area contributed by atoms with Gasteiger partial charge in [-0.25, -0.2) is 4.98 Å². The van der Waals surface area contributed by atoms with Gasteiger partial charge < -0.3 is 9.73 Å². The zero-order valence-electron chi connectivity index (χ0n) is 7.74. The van der Waals surface area contributed by atoms with Crippen LogP contribution in [0.25, 0.3) is 11.1 Å². The van der Waals surface area contributed by atoms with Gasteiger partial charge in [0, 0.05) is 6.07 Å². The Balaban J connectivity index is 2.50. The van der Waals surface area contributed by atoms with Crippen molar-refractivity contribution in [2.45, 2.75) is 6.54 Å². The molecule has 0 unspecified atom stereocenters. The Labute approximate surface area is 81.2 Å². The summed E-state index contributed by atoms with van der Waals surface area (Å²) in [5.41, 5.74) is 2.04. The van der Waals surface area contributed by atoms with Crippen molar-refractivity contribution in [3.63, 3.8) is 0 Å². The minimum atomic E-state index is 0.588. The van der Waals surface area contributed by atoms with Crippen LogP contribution in [-0.4, -0.2) is 12.0 Å². The second-order valence-electron chi connectivity index (χ2n) is 2.93. The van der Waals surface area contributed by atoms with Crippen LogP contribution in [0.1, 0.15) is 11.5 Å². The molecule has 4 nitrogen and oxygen atoms in total. The molecule has 0 spiro atoms. The number of nitrogens with zero attached hydrogens (tertiary/aromatic N) is 2. The molecule has 14 heavy (non-hydrogen) atoms. The first kappa shape index (κ1) is 8.73. The summed E-state index contributed by atoms with van der Waals surface area (Å²) in [6.45, 7) is 0.594. The number of rotatable bonds is 2. The Morgan fingerprint density at radius 3 is 3.14 bits per heavy atom. The third kappa shape index (κ3) is 1.45. The highest BCUT2D eigenvalue weighted by Crippen LogP contribution is 2.16. The van der Waals surface area contributed by atoms with E-state index in [1.54, 1.807) is 18.2 Å². The normalized spacial score (nSPS) is 10.3. The molecule has 0 aliphatic carbocycles. The van der Waals surface area contributed by atoms with E-state index < -0.39 is 0 Å². The molecule has 1 heterocycles. The molecule has 0 atom stereocenters. The summed E-state index contributed by atoms with van der Waals surface area (Å²) in [5.74, 6) is 0.637. The molecule has 0 aliphatic rings. The van der Waals surface area contributed by atoms with Crippen LogP contribution in [0.2, 0.25) is 0 Å². The van der Waals surface area contributed by atoms with Crippen molar-refractivity contribution in [3.8, 4) is 6.07 Å². The average Bonchev–Trinajstić information content (AvgIpc) is 2.59. The summed E-state index contributed by atoms with van der Waals surface area (Å²) in [4.78, 5) is 4.24. The van der Waals surface area contributed by atoms with Crippen LogP contribution in [0.15, 0.2) is 22.6 Å². The van der Waals surface area contributed by atoms with Gasteiger partial charge in [-0.15, -0.1) is 0 Å². The van der Waals surface area contributed by atoms with E-state index in [4.69, 9.17) is 9.68 Å². The molecule has 1 aromatic heterocycles. The van der Waals surface area contributed by atoms with Crippen molar-refractivity contribution in [2.24, 2.45) is 0 Å². The van der Waals surface area contributed by atoms with Crippen molar-refractivity contribution in [1.82, 2.24) is 10.3 Å². The van der Waals surface area contributed by atoms with Crippen LogP contribution in [0.5, 0.6) is 0 Å². The lowest BCUT2D eigenvalue weighted by molar-refractivity contribution is 0.511. The van der Waals surface area contributed by atoms with E-state index in [-0.39, 0.29) is 0 Å². The predicted octanol–water partition coefficient (Wildman–Crippen LogP) is 1.42. The quantitative estimate of drug-likeness (QED) is 0.772. The molecule has 4 heteroatoms. The van der Waals surface area contributed by atoms with E-state index in [9.17, 15) is 0 Å². The molecule has 0 radical (unpaired) electrons. The molecule has 0 saturated carbocycles. The lowest BCUT2D eigenvalue weighted by atomic mass is 10.2. The number of oxazole rings is 1. The van der Waals surface area contributed by atoms with Gasteiger partial charge in [-0.1, -0.05) is 0 Å². The number of nitriles is 1. The Hall–Kier alpha value is -1.86. The van der Waals surface area contributed by atoms with E-state index in [2.05, 4.69) is 16.4 Å². The number of fused-ring (bicyclic) bond motifs is 1. The van der Waals surface area contributed by atoms with Gasteiger partial charge in [-0.3, -0.25) is 0 Å². The van der Waals surface area contributed by atoms with Crippen molar-refractivity contribution in [3.05, 3.63) is 29.7 Å². The number of hydrogen-bond donors (Lipinski definition) is 1. The third-order valence-corrected chi connectivity index (χ3v) is 1.89. The standard InChI is InChI=1S/C10H9N3O/c1-12-6-10-13-8-3-2-7(5-11)4-9(8)14-10/h2-4,12H,6H2,1H3. The Morgan fingerprint density at radius 2 is 2.43 bits per heavy atom. The van der Waals surface area contributed by atoms with Gasteiger partial charge >= 0.3 is 0 Å². The summed E-state index contributed by atoms with van der Waals surface area (Å²) in [6.07, 6.45) is 0. The van der Waals surface area contributed by atoms with Gasteiger partial charge in [0.2, 0.25) is 5.89 Å². The molecular formula is C10H9N3O. The Morgan fingerprint density at radius 1 is 1.57 bits per heavy atom. The van der Waals surface area contributed by atoms with Crippen molar-refractivity contribution >= 4 is 11.1 Å².